The van der Waals surface area contributed by atoms with Gasteiger partial charge < -0.3 is 14.7 Å². The van der Waals surface area contributed by atoms with E-state index in [4.69, 9.17) is 4.74 Å². The van der Waals surface area contributed by atoms with Gasteiger partial charge in [0.05, 0.1) is 4.47 Å². The Kier molecular flexibility index (Phi) is 5.03. The number of hydrogen-bond acceptors (Lipinski definition) is 3. The Bertz CT molecular complexity index is 391. The van der Waals surface area contributed by atoms with Crippen molar-refractivity contribution in [2.24, 2.45) is 5.92 Å². The van der Waals surface area contributed by atoms with Gasteiger partial charge in [0.25, 0.3) is 0 Å². The van der Waals surface area contributed by atoms with Crippen LogP contribution in [0.3, 0.4) is 0 Å². The Morgan fingerprint density at radius 1 is 1.39 bits per heavy atom. The molecule has 100 valence electrons. The maximum absolute atomic E-state index is 9.46. The number of nitrogens with zero attached hydrogens (tertiary/aromatic N) is 1. The van der Waals surface area contributed by atoms with Crippen molar-refractivity contribution in [2.45, 2.75) is 19.4 Å². The van der Waals surface area contributed by atoms with Gasteiger partial charge in [0.15, 0.2) is 0 Å². The summed E-state index contributed by atoms with van der Waals surface area (Å²) >= 11 is 3.35. The van der Waals surface area contributed by atoms with E-state index < -0.39 is 0 Å². The Labute approximate surface area is 117 Å². The highest BCUT2D eigenvalue weighted by molar-refractivity contribution is 9.10. The fourth-order valence-electron chi connectivity index (χ4n) is 2.39. The van der Waals surface area contributed by atoms with E-state index in [0.29, 0.717) is 5.75 Å². The molecule has 0 aliphatic carbocycles. The number of rotatable bonds is 4. The average Bonchev–Trinajstić information content (AvgIpc) is 2.35. The Hall–Kier alpha value is -0.580. The molecule has 0 aromatic heterocycles. The van der Waals surface area contributed by atoms with E-state index in [2.05, 4.69) is 27.9 Å². The van der Waals surface area contributed by atoms with Crippen molar-refractivity contribution in [1.29, 1.82) is 0 Å². The second-order valence-electron chi connectivity index (χ2n) is 5.04. The second kappa shape index (κ2) is 6.55. The number of ether oxygens (including phenoxy) is 1. The molecule has 3 nitrogen and oxygen atoms in total. The summed E-state index contributed by atoms with van der Waals surface area (Å²) in [6.07, 6.45) is 2.34. The predicted molar refractivity (Wildman–Crippen MR) is 75.7 cm³/mol. The largest absolute Gasteiger partial charge is 0.507 e. The smallest absolute Gasteiger partial charge is 0.129 e. The molecule has 1 aromatic rings. The topological polar surface area (TPSA) is 32.7 Å². The van der Waals surface area contributed by atoms with E-state index >= 15 is 0 Å². The number of phenolic OH excluding ortho intramolecular Hbond substituents is 1. The molecule has 1 aromatic carbocycles. The quantitative estimate of drug-likeness (QED) is 0.927. The molecule has 1 fully saturated rings. The van der Waals surface area contributed by atoms with Gasteiger partial charge in [-0.25, -0.2) is 0 Å². The van der Waals surface area contributed by atoms with E-state index in [1.165, 1.54) is 18.4 Å². The van der Waals surface area contributed by atoms with Crippen molar-refractivity contribution in [3.63, 3.8) is 0 Å². The number of benzene rings is 1. The van der Waals surface area contributed by atoms with Crippen LogP contribution in [0.25, 0.3) is 0 Å². The third kappa shape index (κ3) is 3.97. The molecule has 1 saturated heterocycles. The molecule has 1 heterocycles. The lowest BCUT2D eigenvalue weighted by Gasteiger charge is -2.27. The van der Waals surface area contributed by atoms with Crippen LogP contribution >= 0.6 is 15.9 Å². The number of phenols is 1. The third-order valence-corrected chi connectivity index (χ3v) is 4.01. The van der Waals surface area contributed by atoms with Crippen LogP contribution in [0.2, 0.25) is 0 Å². The summed E-state index contributed by atoms with van der Waals surface area (Å²) < 4.78 is 6.14. The predicted octanol–water partition coefficient (Wildman–Crippen LogP) is 3.01. The number of halogens is 1. The van der Waals surface area contributed by atoms with Crippen LogP contribution in [0.1, 0.15) is 18.4 Å². The fraction of sp³-hybridized carbons (Fsp3) is 0.571. The van der Waals surface area contributed by atoms with Crippen molar-refractivity contribution in [1.82, 2.24) is 4.90 Å². The minimum absolute atomic E-state index is 0.297. The first-order valence-corrected chi connectivity index (χ1v) is 7.18. The second-order valence-corrected chi connectivity index (χ2v) is 5.89. The maximum Gasteiger partial charge on any atom is 0.129 e. The summed E-state index contributed by atoms with van der Waals surface area (Å²) in [7, 11) is 2.15. The van der Waals surface area contributed by atoms with E-state index in [1.807, 2.05) is 12.1 Å². The molecule has 0 radical (unpaired) electrons. The molecule has 0 unspecified atom stereocenters. The lowest BCUT2D eigenvalue weighted by molar-refractivity contribution is 0.0549. The lowest BCUT2D eigenvalue weighted by Crippen LogP contribution is -2.29. The van der Waals surface area contributed by atoms with Crippen LogP contribution in [0.4, 0.5) is 0 Å². The summed E-state index contributed by atoms with van der Waals surface area (Å²) in [5, 5.41) is 9.46. The molecule has 0 spiro atoms. The standard InChI is InChI=1S/C14H20BrNO2/c1-16(9-11-4-6-18-7-5-11)10-12-2-3-14(17)13(15)8-12/h2-3,8,11,17H,4-7,9-10H2,1H3. The van der Waals surface area contributed by atoms with Crippen LogP contribution in [0.5, 0.6) is 5.75 Å². The van der Waals surface area contributed by atoms with Gasteiger partial charge >= 0.3 is 0 Å². The summed E-state index contributed by atoms with van der Waals surface area (Å²) in [5.74, 6) is 1.05. The maximum atomic E-state index is 9.46. The molecular weight excluding hydrogens is 294 g/mol. The monoisotopic (exact) mass is 313 g/mol. The van der Waals surface area contributed by atoms with Crippen molar-refractivity contribution in [2.75, 3.05) is 26.8 Å². The van der Waals surface area contributed by atoms with Crippen molar-refractivity contribution in [3.8, 4) is 5.75 Å². The van der Waals surface area contributed by atoms with Gasteiger partial charge in [-0.2, -0.15) is 0 Å². The van der Waals surface area contributed by atoms with Crippen molar-refractivity contribution >= 4 is 15.9 Å². The average molecular weight is 314 g/mol. The van der Waals surface area contributed by atoms with E-state index in [-0.39, 0.29) is 0 Å². The SMILES string of the molecule is CN(Cc1ccc(O)c(Br)c1)CC1CCOCC1. The molecule has 18 heavy (non-hydrogen) atoms. The molecular formula is C14H20BrNO2. The lowest BCUT2D eigenvalue weighted by atomic mass is 10.00. The van der Waals surface area contributed by atoms with Gasteiger partial charge in [-0.05, 0) is 59.4 Å². The van der Waals surface area contributed by atoms with Crippen LogP contribution in [0, 0.1) is 5.92 Å². The molecule has 0 bridgehead atoms. The van der Waals surface area contributed by atoms with E-state index in [1.54, 1.807) is 6.07 Å². The van der Waals surface area contributed by atoms with Crippen LogP contribution in [-0.4, -0.2) is 36.8 Å². The third-order valence-electron chi connectivity index (χ3n) is 3.38. The summed E-state index contributed by atoms with van der Waals surface area (Å²) in [4.78, 5) is 2.34. The molecule has 1 aliphatic rings. The molecule has 1 N–H and O–H groups in total. The first kappa shape index (κ1) is 13.8. The Morgan fingerprint density at radius 3 is 2.78 bits per heavy atom. The van der Waals surface area contributed by atoms with Crippen LogP contribution in [0.15, 0.2) is 22.7 Å². The number of hydrogen-bond donors (Lipinski definition) is 1. The van der Waals surface area contributed by atoms with Gasteiger partial charge in [0.1, 0.15) is 5.75 Å². The molecule has 1 aliphatic heterocycles. The number of aromatic hydroxyl groups is 1. The van der Waals surface area contributed by atoms with Gasteiger partial charge in [-0.15, -0.1) is 0 Å². The van der Waals surface area contributed by atoms with Crippen LogP contribution < -0.4 is 0 Å². The zero-order valence-electron chi connectivity index (χ0n) is 10.7. The normalized spacial score (nSPS) is 17.3. The van der Waals surface area contributed by atoms with Crippen molar-refractivity contribution < 1.29 is 9.84 Å². The first-order chi connectivity index (χ1) is 8.65. The van der Waals surface area contributed by atoms with Gasteiger partial charge in [-0.1, -0.05) is 6.07 Å². The Morgan fingerprint density at radius 2 is 2.11 bits per heavy atom. The minimum Gasteiger partial charge on any atom is -0.507 e. The Balaban J connectivity index is 1.85. The molecule has 4 heteroatoms. The molecule has 2 rings (SSSR count). The fourth-order valence-corrected chi connectivity index (χ4v) is 2.82. The van der Waals surface area contributed by atoms with E-state index in [0.717, 1.165) is 36.7 Å². The summed E-state index contributed by atoms with van der Waals surface area (Å²) in [5.41, 5.74) is 1.22. The minimum atomic E-state index is 0.297. The van der Waals surface area contributed by atoms with Crippen molar-refractivity contribution in [3.05, 3.63) is 28.2 Å². The molecule has 0 amide bonds. The molecule has 0 atom stereocenters. The highest BCUT2D eigenvalue weighted by atomic mass is 79.9. The van der Waals surface area contributed by atoms with E-state index in [9.17, 15) is 5.11 Å². The highest BCUT2D eigenvalue weighted by Gasteiger charge is 2.15. The van der Waals surface area contributed by atoms with Gasteiger partial charge in [0.2, 0.25) is 0 Å². The van der Waals surface area contributed by atoms with Gasteiger partial charge in [-0.3, -0.25) is 0 Å². The zero-order chi connectivity index (χ0) is 13.0. The highest BCUT2D eigenvalue weighted by Crippen LogP contribution is 2.25. The zero-order valence-corrected chi connectivity index (χ0v) is 12.3. The van der Waals surface area contributed by atoms with Crippen LogP contribution in [-0.2, 0) is 11.3 Å². The molecule has 0 saturated carbocycles. The summed E-state index contributed by atoms with van der Waals surface area (Å²) in [6.45, 7) is 3.84. The summed E-state index contributed by atoms with van der Waals surface area (Å²) in [6, 6.07) is 5.69. The first-order valence-electron chi connectivity index (χ1n) is 6.39. The van der Waals surface area contributed by atoms with Gasteiger partial charge in [0, 0.05) is 26.3 Å².